The van der Waals surface area contributed by atoms with E-state index in [0.717, 1.165) is 11.3 Å². The molecule has 0 saturated heterocycles. The minimum Gasteiger partial charge on any atom is -0.495 e. The molecule has 1 heterocycles. The standard InChI is InChI=1S/C9H8INOS/c1-12-8-4-2-3-7-5-6-11(13-10)9(7)8/h2-6H,1H3. The second-order valence-corrected chi connectivity index (χ2v) is 4.32. The molecule has 68 valence electrons. The lowest BCUT2D eigenvalue weighted by Gasteiger charge is -2.04. The molecule has 0 aliphatic rings. The summed E-state index contributed by atoms with van der Waals surface area (Å²) in [6, 6.07) is 8.15. The van der Waals surface area contributed by atoms with Gasteiger partial charge >= 0.3 is 0 Å². The molecule has 0 atom stereocenters. The van der Waals surface area contributed by atoms with Crippen molar-refractivity contribution in [3.05, 3.63) is 30.5 Å². The van der Waals surface area contributed by atoms with E-state index in [1.807, 2.05) is 18.3 Å². The normalized spacial score (nSPS) is 10.6. The smallest absolute Gasteiger partial charge is 0.144 e. The fourth-order valence-electron chi connectivity index (χ4n) is 1.35. The number of rotatable bonds is 2. The fourth-order valence-corrected chi connectivity index (χ4v) is 2.71. The third-order valence-electron chi connectivity index (χ3n) is 1.93. The van der Waals surface area contributed by atoms with Crippen LogP contribution < -0.4 is 4.74 Å². The van der Waals surface area contributed by atoms with Gasteiger partial charge in [-0.05, 0) is 12.1 Å². The van der Waals surface area contributed by atoms with Crippen molar-refractivity contribution in [3.63, 3.8) is 0 Å². The summed E-state index contributed by atoms with van der Waals surface area (Å²) in [7, 11) is 3.34. The topological polar surface area (TPSA) is 14.2 Å². The maximum Gasteiger partial charge on any atom is 0.144 e. The summed E-state index contributed by atoms with van der Waals surface area (Å²) in [4.78, 5) is 0. The van der Waals surface area contributed by atoms with Crippen LogP contribution in [0.4, 0.5) is 0 Å². The number of benzene rings is 1. The number of hydrogen-bond acceptors (Lipinski definition) is 2. The van der Waals surface area contributed by atoms with Crippen LogP contribution in [0.5, 0.6) is 5.75 Å². The van der Waals surface area contributed by atoms with Crippen LogP contribution in [0.2, 0.25) is 0 Å². The lowest BCUT2D eigenvalue weighted by molar-refractivity contribution is 0.419. The van der Waals surface area contributed by atoms with Crippen molar-refractivity contribution in [3.8, 4) is 5.75 Å². The van der Waals surface area contributed by atoms with E-state index < -0.39 is 0 Å². The summed E-state index contributed by atoms with van der Waals surface area (Å²) in [6.07, 6.45) is 2.05. The van der Waals surface area contributed by atoms with Gasteiger partial charge in [0.1, 0.15) is 11.3 Å². The molecule has 13 heavy (non-hydrogen) atoms. The SMILES string of the molecule is COc1cccc2ccn(SI)c12. The maximum absolute atomic E-state index is 5.29. The van der Waals surface area contributed by atoms with Crippen LogP contribution in [0, 0.1) is 0 Å². The van der Waals surface area contributed by atoms with Crippen LogP contribution in [0.25, 0.3) is 10.9 Å². The molecule has 2 aromatic rings. The minimum absolute atomic E-state index is 0.923. The predicted molar refractivity (Wildman–Crippen MR) is 65.5 cm³/mol. The Labute approximate surface area is 93.0 Å². The molecule has 0 bridgehead atoms. The molecule has 1 aromatic carbocycles. The lowest BCUT2D eigenvalue weighted by atomic mass is 10.2. The van der Waals surface area contributed by atoms with E-state index in [9.17, 15) is 0 Å². The molecule has 0 aliphatic heterocycles. The molecule has 4 heteroatoms. The number of nitrogens with zero attached hydrogens (tertiary/aromatic N) is 1. The van der Waals surface area contributed by atoms with Crippen molar-refractivity contribution in [2.75, 3.05) is 7.11 Å². The summed E-state index contributed by atoms with van der Waals surface area (Å²) in [6.45, 7) is 0. The maximum atomic E-state index is 5.29. The predicted octanol–water partition coefficient (Wildman–Crippen LogP) is 3.50. The van der Waals surface area contributed by atoms with Crippen LogP contribution in [-0.4, -0.2) is 11.1 Å². The van der Waals surface area contributed by atoms with Crippen molar-refractivity contribution in [1.29, 1.82) is 0 Å². The number of fused-ring (bicyclic) bond motifs is 1. The summed E-state index contributed by atoms with van der Waals surface area (Å²) in [5.41, 5.74) is 1.14. The van der Waals surface area contributed by atoms with Gasteiger partial charge in [-0.1, -0.05) is 12.1 Å². The van der Waals surface area contributed by atoms with Crippen LogP contribution >= 0.6 is 30.3 Å². The van der Waals surface area contributed by atoms with E-state index in [-0.39, 0.29) is 0 Å². The number of halogens is 1. The Morgan fingerprint density at radius 3 is 2.92 bits per heavy atom. The molecule has 1 aromatic heterocycles. The van der Waals surface area contributed by atoms with Crippen molar-refractivity contribution in [2.24, 2.45) is 0 Å². The van der Waals surface area contributed by atoms with Crippen molar-refractivity contribution in [1.82, 2.24) is 3.97 Å². The van der Waals surface area contributed by atoms with Gasteiger partial charge in [0.15, 0.2) is 0 Å². The highest BCUT2D eigenvalue weighted by molar-refractivity contribution is 14.2. The van der Waals surface area contributed by atoms with Gasteiger partial charge < -0.3 is 4.74 Å². The molecule has 0 saturated carbocycles. The van der Waals surface area contributed by atoms with Gasteiger partial charge in [0.2, 0.25) is 0 Å². The Kier molecular flexibility index (Phi) is 2.69. The Morgan fingerprint density at radius 2 is 2.23 bits per heavy atom. The Balaban J connectivity index is 2.76. The molecule has 2 nitrogen and oxygen atoms in total. The third-order valence-corrected chi connectivity index (χ3v) is 3.66. The van der Waals surface area contributed by atoms with Gasteiger partial charge in [0, 0.05) is 41.9 Å². The largest absolute Gasteiger partial charge is 0.495 e. The molecular weight excluding hydrogens is 297 g/mol. The first-order valence-electron chi connectivity index (χ1n) is 3.80. The summed E-state index contributed by atoms with van der Waals surface area (Å²) >= 11 is 2.26. The van der Waals surface area contributed by atoms with Gasteiger partial charge in [-0.2, -0.15) is 0 Å². The van der Waals surface area contributed by atoms with E-state index in [4.69, 9.17) is 4.74 Å². The lowest BCUT2D eigenvalue weighted by Crippen LogP contribution is -1.87. The van der Waals surface area contributed by atoms with Gasteiger partial charge in [0.25, 0.3) is 0 Å². The van der Waals surface area contributed by atoms with Crippen LogP contribution in [0.1, 0.15) is 0 Å². The first-order chi connectivity index (χ1) is 6.36. The average Bonchev–Trinajstić information content (AvgIpc) is 2.60. The molecule has 0 N–H and O–H groups in total. The Morgan fingerprint density at radius 1 is 1.38 bits per heavy atom. The second kappa shape index (κ2) is 3.79. The number of hydrogen-bond donors (Lipinski definition) is 0. The first kappa shape index (κ1) is 9.21. The highest BCUT2D eigenvalue weighted by Gasteiger charge is 2.05. The number of ether oxygens (including phenoxy) is 1. The van der Waals surface area contributed by atoms with Crippen LogP contribution in [0.3, 0.4) is 0 Å². The van der Waals surface area contributed by atoms with Crippen molar-refractivity contribution >= 4 is 41.2 Å². The van der Waals surface area contributed by atoms with E-state index >= 15 is 0 Å². The van der Waals surface area contributed by atoms with Gasteiger partial charge in [0.05, 0.1) is 7.11 Å². The number of para-hydroxylation sites is 1. The van der Waals surface area contributed by atoms with Gasteiger partial charge in [-0.15, -0.1) is 0 Å². The zero-order chi connectivity index (χ0) is 9.26. The summed E-state index contributed by atoms with van der Waals surface area (Å²) in [5.74, 6) is 0.923. The van der Waals surface area contributed by atoms with Crippen LogP contribution in [-0.2, 0) is 0 Å². The second-order valence-electron chi connectivity index (χ2n) is 2.61. The van der Waals surface area contributed by atoms with E-state index in [1.165, 1.54) is 5.39 Å². The van der Waals surface area contributed by atoms with Gasteiger partial charge in [-0.3, -0.25) is 3.97 Å². The molecule has 0 radical (unpaired) electrons. The van der Waals surface area contributed by atoms with Crippen molar-refractivity contribution < 1.29 is 4.74 Å². The molecule has 0 spiro atoms. The van der Waals surface area contributed by atoms with Crippen LogP contribution in [0.15, 0.2) is 30.5 Å². The molecule has 2 rings (SSSR count). The van der Waals surface area contributed by atoms with Gasteiger partial charge in [-0.25, -0.2) is 0 Å². The average molecular weight is 305 g/mol. The van der Waals surface area contributed by atoms with E-state index in [1.54, 1.807) is 16.2 Å². The Hall–Kier alpha value is -0.360. The third kappa shape index (κ3) is 1.52. The van der Waals surface area contributed by atoms with E-state index in [2.05, 4.69) is 37.3 Å². The number of methoxy groups -OCH3 is 1. The molecular formula is C9H8INOS. The van der Waals surface area contributed by atoms with E-state index in [0.29, 0.717) is 0 Å². The zero-order valence-corrected chi connectivity index (χ0v) is 10.0. The summed E-state index contributed by atoms with van der Waals surface area (Å²) < 4.78 is 7.38. The quantitative estimate of drug-likeness (QED) is 0.788. The highest BCUT2D eigenvalue weighted by Crippen LogP contribution is 2.31. The molecule has 0 aliphatic carbocycles. The molecule has 0 unspecified atom stereocenters. The summed E-state index contributed by atoms with van der Waals surface area (Å²) in [5, 5.41) is 1.21. The first-order valence-corrected chi connectivity index (χ1v) is 7.11. The van der Waals surface area contributed by atoms with Crippen molar-refractivity contribution in [2.45, 2.75) is 0 Å². The fraction of sp³-hybridized carbons (Fsp3) is 0.111. The monoisotopic (exact) mass is 305 g/mol. The zero-order valence-electron chi connectivity index (χ0n) is 7.03. The minimum atomic E-state index is 0.923. The molecule has 0 amide bonds. The molecule has 0 fully saturated rings. The Bertz CT molecular complexity index is 426. The number of aromatic nitrogens is 1. The highest BCUT2D eigenvalue weighted by atomic mass is 127.